The Kier molecular flexibility index (Phi) is 4.92. The molecule has 1 aromatic rings. The summed E-state index contributed by atoms with van der Waals surface area (Å²) in [7, 11) is 0. The Morgan fingerprint density at radius 2 is 1.76 bits per heavy atom. The van der Waals surface area contributed by atoms with Crippen LogP contribution in [-0.2, 0) is 10.2 Å². The zero-order valence-corrected chi connectivity index (χ0v) is 14.0. The summed E-state index contributed by atoms with van der Waals surface area (Å²) in [5.74, 6) is -4.79. The molecule has 2 N–H and O–H groups in total. The number of aromatic nitrogens is 2. The molecule has 7 nitrogen and oxygen atoms in total. The number of likely N-dealkylation sites (tertiary alicyclic amines) is 1. The van der Waals surface area contributed by atoms with Crippen LogP contribution in [-0.4, -0.2) is 51.2 Å². The SMILES string of the molecule is CC(C)(C)c1ncc(NC(=O)N2C[C@@H](C(F)(F)F)[C@H](C(=O)O)C2)cn1. The molecular weight excluding hydrogens is 341 g/mol. The fourth-order valence-electron chi connectivity index (χ4n) is 2.53. The first-order valence-corrected chi connectivity index (χ1v) is 7.57. The number of carboxylic acid groups (broad SMARTS) is 1. The van der Waals surface area contributed by atoms with Crippen molar-refractivity contribution < 1.29 is 27.9 Å². The lowest BCUT2D eigenvalue weighted by atomic mass is 9.96. The first kappa shape index (κ1) is 18.9. The van der Waals surface area contributed by atoms with Crippen molar-refractivity contribution in [2.24, 2.45) is 11.8 Å². The molecule has 1 aliphatic heterocycles. The predicted molar refractivity (Wildman–Crippen MR) is 82.0 cm³/mol. The van der Waals surface area contributed by atoms with Gasteiger partial charge < -0.3 is 15.3 Å². The van der Waals surface area contributed by atoms with E-state index < -0.39 is 43.1 Å². The van der Waals surface area contributed by atoms with Gasteiger partial charge in [0.2, 0.25) is 0 Å². The fourth-order valence-corrected chi connectivity index (χ4v) is 2.53. The highest BCUT2D eigenvalue weighted by molar-refractivity contribution is 5.89. The van der Waals surface area contributed by atoms with E-state index in [0.717, 1.165) is 4.90 Å². The van der Waals surface area contributed by atoms with Crippen LogP contribution in [0.2, 0.25) is 0 Å². The van der Waals surface area contributed by atoms with Crippen molar-refractivity contribution in [3.8, 4) is 0 Å². The molecular formula is C15H19F3N4O3. The van der Waals surface area contributed by atoms with Crippen LogP contribution in [0.1, 0.15) is 26.6 Å². The smallest absolute Gasteiger partial charge is 0.394 e. The van der Waals surface area contributed by atoms with E-state index in [4.69, 9.17) is 5.11 Å². The van der Waals surface area contributed by atoms with Gasteiger partial charge in [-0.25, -0.2) is 14.8 Å². The number of rotatable bonds is 2. The highest BCUT2D eigenvalue weighted by Crippen LogP contribution is 2.37. The lowest BCUT2D eigenvalue weighted by molar-refractivity contribution is -0.187. The second kappa shape index (κ2) is 6.49. The Morgan fingerprint density at radius 1 is 1.20 bits per heavy atom. The van der Waals surface area contributed by atoms with E-state index in [2.05, 4.69) is 15.3 Å². The molecule has 0 aromatic carbocycles. The Bertz CT molecular complexity index is 655. The molecule has 2 rings (SSSR count). The third-order valence-corrected chi connectivity index (χ3v) is 3.92. The maximum absolute atomic E-state index is 12.9. The maximum Gasteiger partial charge on any atom is 0.394 e. The van der Waals surface area contributed by atoms with Crippen molar-refractivity contribution in [3.05, 3.63) is 18.2 Å². The van der Waals surface area contributed by atoms with Crippen LogP contribution in [0.15, 0.2) is 12.4 Å². The van der Waals surface area contributed by atoms with E-state index in [1.165, 1.54) is 12.4 Å². The average molecular weight is 360 g/mol. The quantitative estimate of drug-likeness (QED) is 0.845. The number of anilines is 1. The number of aliphatic carboxylic acids is 1. The van der Waals surface area contributed by atoms with Gasteiger partial charge in [-0.3, -0.25) is 4.79 Å². The number of carbonyl (C=O) groups excluding carboxylic acids is 1. The molecule has 0 bridgehead atoms. The Morgan fingerprint density at radius 3 is 2.16 bits per heavy atom. The van der Waals surface area contributed by atoms with Gasteiger partial charge in [0.25, 0.3) is 0 Å². The number of hydrogen-bond donors (Lipinski definition) is 2. The summed E-state index contributed by atoms with van der Waals surface area (Å²) in [5, 5.41) is 11.4. The topological polar surface area (TPSA) is 95.4 Å². The fraction of sp³-hybridized carbons (Fsp3) is 0.600. The lowest BCUT2D eigenvalue weighted by Crippen LogP contribution is -2.35. The van der Waals surface area contributed by atoms with Crippen molar-refractivity contribution >= 4 is 17.7 Å². The lowest BCUT2D eigenvalue weighted by Gasteiger charge is -2.19. The van der Waals surface area contributed by atoms with Crippen LogP contribution < -0.4 is 5.32 Å². The van der Waals surface area contributed by atoms with Gasteiger partial charge in [-0.15, -0.1) is 0 Å². The Balaban J connectivity index is 2.07. The van der Waals surface area contributed by atoms with Gasteiger partial charge in [-0.2, -0.15) is 13.2 Å². The predicted octanol–water partition coefficient (Wildman–Crippen LogP) is 2.50. The van der Waals surface area contributed by atoms with E-state index in [1.807, 2.05) is 20.8 Å². The number of carboxylic acids is 1. The second-order valence-electron chi connectivity index (χ2n) is 6.97. The standard InChI is InChI=1S/C15H19F3N4O3/c1-14(2,3)12-19-4-8(5-20-12)21-13(25)22-6-9(11(23)24)10(7-22)15(16,17)18/h4-5,9-10H,6-7H2,1-3H3,(H,21,25)(H,23,24)/t9-,10-/m1/s1. The Hall–Kier alpha value is -2.39. The van der Waals surface area contributed by atoms with Gasteiger partial charge in [-0.05, 0) is 0 Å². The van der Waals surface area contributed by atoms with E-state index in [0.29, 0.717) is 5.82 Å². The van der Waals surface area contributed by atoms with E-state index >= 15 is 0 Å². The highest BCUT2D eigenvalue weighted by Gasteiger charge is 2.53. The van der Waals surface area contributed by atoms with Crippen molar-refractivity contribution in [3.63, 3.8) is 0 Å². The van der Waals surface area contributed by atoms with Crippen molar-refractivity contribution in [1.82, 2.24) is 14.9 Å². The van der Waals surface area contributed by atoms with Crippen LogP contribution in [0.3, 0.4) is 0 Å². The second-order valence-corrected chi connectivity index (χ2v) is 6.97. The molecule has 1 fully saturated rings. The van der Waals surface area contributed by atoms with E-state index in [1.54, 1.807) is 0 Å². The summed E-state index contributed by atoms with van der Waals surface area (Å²) >= 11 is 0. The van der Waals surface area contributed by atoms with Crippen LogP contribution in [0, 0.1) is 11.8 Å². The summed E-state index contributed by atoms with van der Waals surface area (Å²) in [6, 6.07) is -0.815. The number of amides is 2. The van der Waals surface area contributed by atoms with Crippen molar-refractivity contribution in [2.75, 3.05) is 18.4 Å². The summed E-state index contributed by atoms with van der Waals surface area (Å²) in [6.07, 6.45) is -1.97. The first-order valence-electron chi connectivity index (χ1n) is 7.57. The number of carbonyl (C=O) groups is 2. The van der Waals surface area contributed by atoms with Crippen molar-refractivity contribution in [1.29, 1.82) is 0 Å². The summed E-state index contributed by atoms with van der Waals surface area (Å²) < 4.78 is 38.8. The summed E-state index contributed by atoms with van der Waals surface area (Å²) in [4.78, 5) is 32.2. The molecule has 1 aliphatic rings. The first-order chi connectivity index (χ1) is 11.4. The molecule has 25 heavy (non-hydrogen) atoms. The number of nitrogens with one attached hydrogen (secondary N) is 1. The van der Waals surface area contributed by atoms with Gasteiger partial charge in [0.1, 0.15) is 5.82 Å². The van der Waals surface area contributed by atoms with E-state index in [9.17, 15) is 22.8 Å². The van der Waals surface area contributed by atoms with Crippen LogP contribution in [0.5, 0.6) is 0 Å². The number of alkyl halides is 3. The Labute approximate surface area is 142 Å². The van der Waals surface area contributed by atoms with Crippen LogP contribution in [0.4, 0.5) is 23.7 Å². The molecule has 10 heteroatoms. The molecule has 0 radical (unpaired) electrons. The molecule has 0 unspecified atom stereocenters. The van der Waals surface area contributed by atoms with Crippen LogP contribution >= 0.6 is 0 Å². The minimum absolute atomic E-state index is 0.223. The summed E-state index contributed by atoms with van der Waals surface area (Å²) in [5.41, 5.74) is -0.0631. The zero-order chi connectivity index (χ0) is 19.0. The maximum atomic E-state index is 12.9. The molecule has 2 atom stereocenters. The third kappa shape index (κ3) is 4.37. The summed E-state index contributed by atoms with van der Waals surface area (Å²) in [6.45, 7) is 4.52. The monoisotopic (exact) mass is 360 g/mol. The molecule has 0 spiro atoms. The number of hydrogen-bond acceptors (Lipinski definition) is 4. The largest absolute Gasteiger partial charge is 0.481 e. The third-order valence-electron chi connectivity index (χ3n) is 3.92. The number of nitrogens with zero attached hydrogens (tertiary/aromatic N) is 3. The molecule has 1 saturated heterocycles. The molecule has 138 valence electrons. The van der Waals surface area contributed by atoms with E-state index in [-0.39, 0.29) is 11.1 Å². The zero-order valence-electron chi connectivity index (χ0n) is 14.0. The molecule has 0 saturated carbocycles. The molecule has 0 aliphatic carbocycles. The van der Waals surface area contributed by atoms with Gasteiger partial charge in [0.05, 0.1) is 29.9 Å². The molecule has 1 aromatic heterocycles. The molecule has 2 amide bonds. The highest BCUT2D eigenvalue weighted by atomic mass is 19.4. The average Bonchev–Trinajstić information content (AvgIpc) is 2.92. The molecule has 2 heterocycles. The van der Waals surface area contributed by atoms with Gasteiger partial charge in [0.15, 0.2) is 0 Å². The normalized spacial score (nSPS) is 21.3. The van der Waals surface area contributed by atoms with Gasteiger partial charge in [0, 0.05) is 18.5 Å². The minimum Gasteiger partial charge on any atom is -0.481 e. The van der Waals surface area contributed by atoms with Gasteiger partial charge in [-0.1, -0.05) is 20.8 Å². The van der Waals surface area contributed by atoms with Gasteiger partial charge >= 0.3 is 18.2 Å². The van der Waals surface area contributed by atoms with Crippen molar-refractivity contribution in [2.45, 2.75) is 32.4 Å². The van der Waals surface area contributed by atoms with Crippen LogP contribution in [0.25, 0.3) is 0 Å². The number of urea groups is 1. The number of halogens is 3. The minimum atomic E-state index is -4.68.